The van der Waals surface area contributed by atoms with Crippen molar-refractivity contribution >= 4 is 17.2 Å². The molecule has 0 aliphatic rings. The molecule has 6 nitrogen and oxygen atoms in total. The average Bonchev–Trinajstić information content (AvgIpc) is 3.11. The molecule has 0 bridgehead atoms. The zero-order valence-electron chi connectivity index (χ0n) is 13.4. The van der Waals surface area contributed by atoms with Gasteiger partial charge >= 0.3 is 0 Å². The number of amides is 1. The maximum Gasteiger partial charge on any atom is 0.251 e. The van der Waals surface area contributed by atoms with E-state index in [1.165, 1.54) is 23.5 Å². The summed E-state index contributed by atoms with van der Waals surface area (Å²) in [4.78, 5) is 16.6. The van der Waals surface area contributed by atoms with Crippen molar-refractivity contribution in [3.63, 3.8) is 0 Å². The van der Waals surface area contributed by atoms with Crippen LogP contribution in [0.5, 0.6) is 17.2 Å². The smallest absolute Gasteiger partial charge is 0.251 e. The van der Waals surface area contributed by atoms with Gasteiger partial charge in [-0.1, -0.05) is 0 Å². The molecular weight excluding hydrogens is 340 g/mol. The number of aromatic hydroxyl groups is 2. The summed E-state index contributed by atoms with van der Waals surface area (Å²) in [6, 6.07) is 11.4. The molecular formula is C18H16N2O4S. The summed E-state index contributed by atoms with van der Waals surface area (Å²) in [5.41, 5.74) is 1.91. The highest BCUT2D eigenvalue weighted by atomic mass is 32.1. The molecule has 2 aromatic carbocycles. The van der Waals surface area contributed by atoms with Gasteiger partial charge in [-0.15, -0.1) is 11.3 Å². The van der Waals surface area contributed by atoms with Gasteiger partial charge in [0.1, 0.15) is 10.8 Å². The van der Waals surface area contributed by atoms with Crippen LogP contribution in [0.2, 0.25) is 0 Å². The molecule has 1 amide bonds. The van der Waals surface area contributed by atoms with Gasteiger partial charge < -0.3 is 20.3 Å². The Morgan fingerprint density at radius 1 is 1.16 bits per heavy atom. The maximum atomic E-state index is 12.1. The molecule has 0 radical (unpaired) electrons. The lowest BCUT2D eigenvalue weighted by molar-refractivity contribution is 0.0951. The highest BCUT2D eigenvalue weighted by molar-refractivity contribution is 7.09. The van der Waals surface area contributed by atoms with Gasteiger partial charge in [0.05, 0.1) is 19.3 Å². The molecule has 1 aromatic heterocycles. The van der Waals surface area contributed by atoms with E-state index >= 15 is 0 Å². The third-order valence-corrected chi connectivity index (χ3v) is 4.42. The summed E-state index contributed by atoms with van der Waals surface area (Å²) in [6.45, 7) is 0.305. The first-order valence-electron chi connectivity index (χ1n) is 7.46. The Morgan fingerprint density at radius 2 is 1.92 bits per heavy atom. The molecule has 3 aromatic rings. The molecule has 0 spiro atoms. The lowest BCUT2D eigenvalue weighted by atomic mass is 10.1. The van der Waals surface area contributed by atoms with Crippen LogP contribution in [0.4, 0.5) is 0 Å². The molecule has 1 heterocycles. The number of phenols is 2. The summed E-state index contributed by atoms with van der Waals surface area (Å²) < 4.78 is 5.07. The summed E-state index contributed by atoms with van der Waals surface area (Å²) in [7, 11) is 1.57. The van der Waals surface area contributed by atoms with Crippen LogP contribution in [0.3, 0.4) is 0 Å². The van der Waals surface area contributed by atoms with Crippen LogP contribution in [-0.4, -0.2) is 28.2 Å². The van der Waals surface area contributed by atoms with Crippen LogP contribution in [-0.2, 0) is 6.54 Å². The fourth-order valence-corrected chi connectivity index (χ4v) is 2.95. The van der Waals surface area contributed by atoms with Gasteiger partial charge in [0.25, 0.3) is 5.91 Å². The highest BCUT2D eigenvalue weighted by Crippen LogP contribution is 2.31. The van der Waals surface area contributed by atoms with E-state index in [0.717, 1.165) is 5.01 Å². The SMILES string of the molecule is COc1ccc(C(=O)NCc2nc(-c3ccc(O)c(O)c3)cs2)cc1. The molecule has 0 atom stereocenters. The normalized spacial score (nSPS) is 10.4. The lowest BCUT2D eigenvalue weighted by Gasteiger charge is -2.04. The largest absolute Gasteiger partial charge is 0.504 e. The van der Waals surface area contributed by atoms with E-state index in [9.17, 15) is 15.0 Å². The molecule has 0 aliphatic heterocycles. The fraction of sp³-hybridized carbons (Fsp3) is 0.111. The van der Waals surface area contributed by atoms with Crippen molar-refractivity contribution in [3.05, 3.63) is 58.4 Å². The van der Waals surface area contributed by atoms with Gasteiger partial charge in [-0.3, -0.25) is 4.79 Å². The Kier molecular flexibility index (Phi) is 4.85. The number of rotatable bonds is 5. The van der Waals surface area contributed by atoms with Crippen molar-refractivity contribution in [2.45, 2.75) is 6.54 Å². The third kappa shape index (κ3) is 3.89. The molecule has 0 saturated heterocycles. The molecule has 128 valence electrons. The van der Waals surface area contributed by atoms with E-state index in [1.54, 1.807) is 37.4 Å². The Bertz CT molecular complexity index is 890. The van der Waals surface area contributed by atoms with Crippen LogP contribution >= 0.6 is 11.3 Å². The van der Waals surface area contributed by atoms with Crippen LogP contribution in [0, 0.1) is 0 Å². The van der Waals surface area contributed by atoms with Crippen LogP contribution in [0.25, 0.3) is 11.3 Å². The van der Waals surface area contributed by atoms with E-state index in [2.05, 4.69) is 10.3 Å². The highest BCUT2D eigenvalue weighted by Gasteiger charge is 2.10. The van der Waals surface area contributed by atoms with Crippen LogP contribution in [0.15, 0.2) is 47.8 Å². The van der Waals surface area contributed by atoms with Crippen molar-refractivity contribution in [2.24, 2.45) is 0 Å². The van der Waals surface area contributed by atoms with Crippen molar-refractivity contribution in [1.29, 1.82) is 0 Å². The molecule has 0 saturated carbocycles. The van der Waals surface area contributed by atoms with E-state index < -0.39 is 0 Å². The van der Waals surface area contributed by atoms with Gasteiger partial charge in [0.15, 0.2) is 11.5 Å². The number of ether oxygens (including phenoxy) is 1. The van der Waals surface area contributed by atoms with E-state index in [4.69, 9.17) is 4.74 Å². The zero-order chi connectivity index (χ0) is 17.8. The number of thiazole rings is 1. The predicted octanol–water partition coefficient (Wildman–Crippen LogP) is 3.16. The summed E-state index contributed by atoms with van der Waals surface area (Å²) >= 11 is 1.41. The first-order chi connectivity index (χ1) is 12.1. The van der Waals surface area contributed by atoms with Crippen molar-refractivity contribution in [3.8, 4) is 28.5 Å². The summed E-state index contributed by atoms with van der Waals surface area (Å²) in [5, 5.41) is 24.3. The van der Waals surface area contributed by atoms with Crippen molar-refractivity contribution in [1.82, 2.24) is 10.3 Å². The third-order valence-electron chi connectivity index (χ3n) is 3.58. The number of nitrogens with zero attached hydrogens (tertiary/aromatic N) is 1. The molecule has 0 unspecified atom stereocenters. The minimum absolute atomic E-state index is 0.175. The Labute approximate surface area is 148 Å². The van der Waals surface area contributed by atoms with Crippen LogP contribution < -0.4 is 10.1 Å². The first kappa shape index (κ1) is 16.8. The maximum absolute atomic E-state index is 12.1. The summed E-state index contributed by atoms with van der Waals surface area (Å²) in [6.07, 6.45) is 0. The monoisotopic (exact) mass is 356 g/mol. The second-order valence-corrected chi connectivity index (χ2v) is 6.18. The van der Waals surface area contributed by atoms with Crippen molar-refractivity contribution < 1.29 is 19.7 Å². The zero-order valence-corrected chi connectivity index (χ0v) is 14.2. The molecule has 3 N–H and O–H groups in total. The Morgan fingerprint density at radius 3 is 2.60 bits per heavy atom. The molecule has 0 aliphatic carbocycles. The minimum Gasteiger partial charge on any atom is -0.504 e. The molecule has 3 rings (SSSR count). The van der Waals surface area contributed by atoms with E-state index in [1.807, 2.05) is 5.38 Å². The van der Waals surface area contributed by atoms with E-state index in [-0.39, 0.29) is 17.4 Å². The minimum atomic E-state index is -0.195. The van der Waals surface area contributed by atoms with Crippen molar-refractivity contribution in [2.75, 3.05) is 7.11 Å². The number of benzene rings is 2. The van der Waals surface area contributed by atoms with E-state index in [0.29, 0.717) is 29.1 Å². The molecule has 25 heavy (non-hydrogen) atoms. The number of phenolic OH excluding ortho intramolecular Hbond substituents is 2. The number of hydrogen-bond acceptors (Lipinski definition) is 6. The second kappa shape index (κ2) is 7.23. The quantitative estimate of drug-likeness (QED) is 0.611. The predicted molar refractivity (Wildman–Crippen MR) is 95.0 cm³/mol. The van der Waals surface area contributed by atoms with Gasteiger partial charge in [-0.05, 0) is 42.5 Å². The number of carbonyl (C=O) groups excluding carboxylic acids is 1. The Balaban J connectivity index is 1.64. The number of carbonyl (C=O) groups is 1. The van der Waals surface area contributed by atoms with Crippen LogP contribution in [0.1, 0.15) is 15.4 Å². The number of aromatic nitrogens is 1. The Hall–Kier alpha value is -3.06. The summed E-state index contributed by atoms with van der Waals surface area (Å²) in [5.74, 6) is 0.130. The number of methoxy groups -OCH3 is 1. The van der Waals surface area contributed by atoms with Gasteiger partial charge in [-0.2, -0.15) is 0 Å². The topological polar surface area (TPSA) is 91.7 Å². The van der Waals surface area contributed by atoms with Gasteiger partial charge in [0.2, 0.25) is 0 Å². The molecule has 0 fully saturated rings. The average molecular weight is 356 g/mol. The number of hydrogen-bond donors (Lipinski definition) is 3. The standard InChI is InChI=1S/C18H16N2O4S/c1-24-13-5-2-11(3-6-13)18(23)19-9-17-20-14(10-25-17)12-4-7-15(21)16(22)8-12/h2-8,10,21-22H,9H2,1H3,(H,19,23). The van der Waals surface area contributed by atoms with Gasteiger partial charge in [0, 0.05) is 16.5 Å². The second-order valence-electron chi connectivity index (χ2n) is 5.24. The fourth-order valence-electron chi connectivity index (χ4n) is 2.21. The number of nitrogens with one attached hydrogen (secondary N) is 1. The first-order valence-corrected chi connectivity index (χ1v) is 8.34. The molecule has 7 heteroatoms. The lowest BCUT2D eigenvalue weighted by Crippen LogP contribution is -2.22. The van der Waals surface area contributed by atoms with Gasteiger partial charge in [-0.25, -0.2) is 4.98 Å².